The first-order valence-corrected chi connectivity index (χ1v) is 9.49. The number of aliphatic hydroxyl groups excluding tert-OH is 4. The molecule has 0 spiro atoms. The summed E-state index contributed by atoms with van der Waals surface area (Å²) in [4.78, 5) is 0. The fourth-order valence-electron chi connectivity index (χ4n) is 7.19. The molecule has 0 heterocycles. The van der Waals surface area contributed by atoms with E-state index in [1.165, 1.54) is 0 Å². The molecule has 4 heteroatoms. The molecule has 0 saturated heterocycles. The van der Waals surface area contributed by atoms with E-state index in [2.05, 4.69) is 13.8 Å². The molecule has 4 aliphatic carbocycles. The summed E-state index contributed by atoms with van der Waals surface area (Å²) in [5.41, 5.74) is -0.0537. The van der Waals surface area contributed by atoms with Crippen molar-refractivity contribution in [1.29, 1.82) is 0 Å². The van der Waals surface area contributed by atoms with Crippen LogP contribution in [0.2, 0.25) is 0 Å². The Morgan fingerprint density at radius 1 is 0.739 bits per heavy atom. The second kappa shape index (κ2) is 5.17. The van der Waals surface area contributed by atoms with Crippen LogP contribution in [0.1, 0.15) is 58.8 Å². The predicted molar refractivity (Wildman–Crippen MR) is 86.5 cm³/mol. The van der Waals surface area contributed by atoms with Gasteiger partial charge in [-0.05, 0) is 79.4 Å². The van der Waals surface area contributed by atoms with Crippen molar-refractivity contribution in [2.24, 2.45) is 34.5 Å². The highest BCUT2D eigenvalue weighted by molar-refractivity contribution is 5.13. The summed E-state index contributed by atoms with van der Waals surface area (Å²) in [6.07, 6.45) is 4.24. The lowest BCUT2D eigenvalue weighted by Gasteiger charge is -2.61. The first kappa shape index (κ1) is 16.3. The van der Waals surface area contributed by atoms with Gasteiger partial charge in [0.15, 0.2) is 0 Å². The minimum atomic E-state index is -0.653. The fourth-order valence-corrected chi connectivity index (χ4v) is 7.19. The van der Waals surface area contributed by atoms with Crippen molar-refractivity contribution >= 4 is 0 Å². The maximum Gasteiger partial charge on any atom is 0.0855 e. The van der Waals surface area contributed by atoms with Crippen LogP contribution in [0.4, 0.5) is 0 Å². The first-order chi connectivity index (χ1) is 10.8. The summed E-state index contributed by atoms with van der Waals surface area (Å²) in [6, 6.07) is 0. The van der Waals surface area contributed by atoms with Gasteiger partial charge in [0, 0.05) is 0 Å². The highest BCUT2D eigenvalue weighted by Crippen LogP contribution is 2.66. The van der Waals surface area contributed by atoms with E-state index in [0.717, 1.165) is 38.5 Å². The SMILES string of the molecule is C[C@]12CC[C@@H](O)C[C@@H]1C[C@H](O)[C@@H]1[C@@H]2CC[C@]2(C)[C@@H](O)[C@H](O)C[C@@H]12. The quantitative estimate of drug-likeness (QED) is 0.547. The first-order valence-electron chi connectivity index (χ1n) is 9.49. The van der Waals surface area contributed by atoms with Crippen molar-refractivity contribution in [3.63, 3.8) is 0 Å². The Morgan fingerprint density at radius 3 is 2.17 bits per heavy atom. The average molecular weight is 324 g/mol. The summed E-state index contributed by atoms with van der Waals surface area (Å²) in [5, 5.41) is 41.7. The molecule has 0 aromatic carbocycles. The van der Waals surface area contributed by atoms with Crippen LogP contribution in [0.3, 0.4) is 0 Å². The zero-order valence-electron chi connectivity index (χ0n) is 14.4. The summed E-state index contributed by atoms with van der Waals surface area (Å²) < 4.78 is 0. The third-order valence-corrected chi connectivity index (χ3v) is 8.63. The Morgan fingerprint density at radius 2 is 1.43 bits per heavy atom. The number of hydrogen-bond donors (Lipinski definition) is 4. The fraction of sp³-hybridized carbons (Fsp3) is 1.00. The number of hydrogen-bond acceptors (Lipinski definition) is 4. The van der Waals surface area contributed by atoms with Gasteiger partial charge in [0.2, 0.25) is 0 Å². The maximum atomic E-state index is 10.9. The molecule has 0 unspecified atom stereocenters. The summed E-state index contributed by atoms with van der Waals surface area (Å²) in [6.45, 7) is 4.48. The van der Waals surface area contributed by atoms with E-state index >= 15 is 0 Å². The molecule has 0 aromatic heterocycles. The highest BCUT2D eigenvalue weighted by atomic mass is 16.3. The van der Waals surface area contributed by atoms with E-state index in [1.54, 1.807) is 0 Å². The minimum absolute atomic E-state index is 0.192. The van der Waals surface area contributed by atoms with Gasteiger partial charge in [-0.2, -0.15) is 0 Å². The molecule has 23 heavy (non-hydrogen) atoms. The van der Waals surface area contributed by atoms with E-state index in [1.807, 2.05) is 0 Å². The van der Waals surface area contributed by atoms with Crippen LogP contribution in [0.25, 0.3) is 0 Å². The molecule has 4 nitrogen and oxygen atoms in total. The molecule has 4 aliphatic rings. The third kappa shape index (κ3) is 2.11. The monoisotopic (exact) mass is 324 g/mol. The lowest BCUT2D eigenvalue weighted by molar-refractivity contribution is -0.177. The van der Waals surface area contributed by atoms with Gasteiger partial charge < -0.3 is 20.4 Å². The van der Waals surface area contributed by atoms with Gasteiger partial charge in [0.1, 0.15) is 0 Å². The molecule has 0 aromatic rings. The second-order valence-corrected chi connectivity index (χ2v) is 9.52. The van der Waals surface area contributed by atoms with E-state index in [0.29, 0.717) is 18.3 Å². The molecule has 10 atom stereocenters. The molecular formula is C19H32O4. The number of fused-ring (bicyclic) bond motifs is 5. The highest BCUT2D eigenvalue weighted by Gasteiger charge is 2.64. The van der Waals surface area contributed by atoms with Crippen LogP contribution in [0, 0.1) is 34.5 Å². The molecule has 4 N–H and O–H groups in total. The molecule has 0 amide bonds. The molecule has 132 valence electrons. The van der Waals surface area contributed by atoms with E-state index < -0.39 is 12.2 Å². The van der Waals surface area contributed by atoms with Crippen LogP contribution < -0.4 is 0 Å². The van der Waals surface area contributed by atoms with Crippen molar-refractivity contribution in [3.05, 3.63) is 0 Å². The smallest absolute Gasteiger partial charge is 0.0855 e. The second-order valence-electron chi connectivity index (χ2n) is 9.52. The van der Waals surface area contributed by atoms with Gasteiger partial charge >= 0.3 is 0 Å². The Labute approximate surface area is 138 Å². The topological polar surface area (TPSA) is 80.9 Å². The number of rotatable bonds is 0. The molecule has 4 fully saturated rings. The van der Waals surface area contributed by atoms with Crippen molar-refractivity contribution in [3.8, 4) is 0 Å². The van der Waals surface area contributed by atoms with E-state index in [-0.39, 0.29) is 34.9 Å². The van der Waals surface area contributed by atoms with Crippen LogP contribution >= 0.6 is 0 Å². The van der Waals surface area contributed by atoms with Gasteiger partial charge in [0.25, 0.3) is 0 Å². The Bertz CT molecular complexity index is 482. The summed E-state index contributed by atoms with van der Waals surface area (Å²) in [5.74, 6) is 1.27. The molecule has 0 aliphatic heterocycles. The molecule has 0 radical (unpaired) electrons. The van der Waals surface area contributed by atoms with Crippen LogP contribution in [0.15, 0.2) is 0 Å². The molecule has 4 rings (SSSR count). The Kier molecular flexibility index (Phi) is 3.67. The normalized spacial score (nSPS) is 62.3. The van der Waals surface area contributed by atoms with Gasteiger partial charge in [-0.15, -0.1) is 0 Å². The Hall–Kier alpha value is -0.160. The van der Waals surface area contributed by atoms with Gasteiger partial charge in [-0.3, -0.25) is 0 Å². The standard InChI is InChI=1S/C19H32O4/c1-18-5-3-11(20)7-10(18)8-14(21)16-12(18)4-6-19(2)13(16)9-15(22)17(19)23/h10-17,20-23H,3-9H2,1-2H3/t10-,11-,12+,13+,14+,15-,16-,17+,18+,19+/m1/s1. The van der Waals surface area contributed by atoms with E-state index in [9.17, 15) is 20.4 Å². The van der Waals surface area contributed by atoms with Crippen LogP contribution in [-0.2, 0) is 0 Å². The van der Waals surface area contributed by atoms with Gasteiger partial charge in [-0.1, -0.05) is 13.8 Å². The lowest BCUT2D eigenvalue weighted by Crippen LogP contribution is -2.58. The van der Waals surface area contributed by atoms with Crippen molar-refractivity contribution < 1.29 is 20.4 Å². The zero-order chi connectivity index (χ0) is 16.6. The van der Waals surface area contributed by atoms with Crippen molar-refractivity contribution in [1.82, 2.24) is 0 Å². The summed E-state index contributed by atoms with van der Waals surface area (Å²) >= 11 is 0. The van der Waals surface area contributed by atoms with Crippen molar-refractivity contribution in [2.45, 2.75) is 83.2 Å². The Balaban J connectivity index is 1.68. The maximum absolute atomic E-state index is 10.9. The average Bonchev–Trinajstić information content (AvgIpc) is 2.73. The summed E-state index contributed by atoms with van der Waals surface area (Å²) in [7, 11) is 0. The molecule has 0 bridgehead atoms. The molecular weight excluding hydrogens is 292 g/mol. The van der Waals surface area contributed by atoms with E-state index in [4.69, 9.17) is 0 Å². The van der Waals surface area contributed by atoms with Gasteiger partial charge in [-0.25, -0.2) is 0 Å². The largest absolute Gasteiger partial charge is 0.393 e. The van der Waals surface area contributed by atoms with Gasteiger partial charge in [0.05, 0.1) is 24.4 Å². The van der Waals surface area contributed by atoms with Crippen LogP contribution in [-0.4, -0.2) is 44.8 Å². The minimum Gasteiger partial charge on any atom is -0.393 e. The van der Waals surface area contributed by atoms with Crippen molar-refractivity contribution in [2.75, 3.05) is 0 Å². The predicted octanol–water partition coefficient (Wildman–Crippen LogP) is 1.69. The third-order valence-electron chi connectivity index (χ3n) is 8.63. The zero-order valence-corrected chi connectivity index (χ0v) is 14.4. The lowest BCUT2D eigenvalue weighted by atomic mass is 9.44. The molecule has 4 saturated carbocycles. The van der Waals surface area contributed by atoms with Crippen LogP contribution in [0.5, 0.6) is 0 Å². The number of aliphatic hydroxyl groups is 4.